The van der Waals surface area contributed by atoms with E-state index in [-0.39, 0.29) is 25.5 Å². The van der Waals surface area contributed by atoms with Crippen molar-refractivity contribution in [3.8, 4) is 5.75 Å². The number of hydrogen-bond donors (Lipinski definition) is 1. The number of halogens is 1. The van der Waals surface area contributed by atoms with Crippen molar-refractivity contribution in [2.75, 3.05) is 13.2 Å². The predicted octanol–water partition coefficient (Wildman–Crippen LogP) is 1.09. The number of benzene rings is 1. The Labute approximate surface area is 130 Å². The zero-order valence-corrected chi connectivity index (χ0v) is 13.1. The van der Waals surface area contributed by atoms with Crippen LogP contribution < -0.4 is 10.1 Å². The normalized spacial score (nSPS) is 18.4. The van der Waals surface area contributed by atoms with E-state index in [1.165, 1.54) is 4.90 Å². The zero-order chi connectivity index (χ0) is 15.4. The Morgan fingerprint density at radius 2 is 2.24 bits per heavy atom. The highest BCUT2D eigenvalue weighted by Crippen LogP contribution is 2.18. The highest BCUT2D eigenvalue weighted by Gasteiger charge is 2.33. The molecule has 112 valence electrons. The third-order valence-corrected chi connectivity index (χ3v) is 3.62. The summed E-state index contributed by atoms with van der Waals surface area (Å²) in [5, 5.41) is 2.19. The molecule has 0 spiro atoms. The maximum absolute atomic E-state index is 12.1. The van der Waals surface area contributed by atoms with E-state index in [0.29, 0.717) is 5.75 Å². The molecule has 7 heteroatoms. The van der Waals surface area contributed by atoms with Crippen LogP contribution in [0.15, 0.2) is 28.7 Å². The lowest BCUT2D eigenvalue weighted by Gasteiger charge is -2.31. The van der Waals surface area contributed by atoms with Crippen LogP contribution in [0.2, 0.25) is 0 Å². The number of nitrogens with one attached hydrogen (secondary N) is 1. The second kappa shape index (κ2) is 6.71. The van der Waals surface area contributed by atoms with Crippen molar-refractivity contribution in [2.45, 2.75) is 19.4 Å². The first-order valence-corrected chi connectivity index (χ1v) is 7.28. The van der Waals surface area contributed by atoms with Gasteiger partial charge in [0, 0.05) is 4.47 Å². The highest BCUT2D eigenvalue weighted by molar-refractivity contribution is 9.10. The van der Waals surface area contributed by atoms with Crippen LogP contribution in [0.25, 0.3) is 0 Å². The molecule has 0 saturated carbocycles. The Hall–Kier alpha value is -1.89. The minimum Gasteiger partial charge on any atom is -0.493 e. The Kier molecular flexibility index (Phi) is 4.95. The summed E-state index contributed by atoms with van der Waals surface area (Å²) in [5.74, 6) is -0.537. The molecule has 6 nitrogen and oxygen atoms in total. The second-order valence-electron chi connectivity index (χ2n) is 4.67. The van der Waals surface area contributed by atoms with Crippen molar-refractivity contribution in [3.05, 3.63) is 28.7 Å². The average Bonchev–Trinajstić information content (AvgIpc) is 2.42. The average molecular weight is 355 g/mol. The molecule has 1 unspecified atom stereocenters. The first-order valence-electron chi connectivity index (χ1n) is 6.49. The molecule has 0 aromatic heterocycles. The number of hydrogen-bond acceptors (Lipinski definition) is 4. The van der Waals surface area contributed by atoms with E-state index in [1.807, 2.05) is 12.1 Å². The van der Waals surface area contributed by atoms with Crippen molar-refractivity contribution in [1.82, 2.24) is 10.2 Å². The number of ether oxygens (including phenoxy) is 1. The summed E-state index contributed by atoms with van der Waals surface area (Å²) in [6.45, 7) is 1.69. The minimum absolute atomic E-state index is 0.0946. The molecule has 1 fully saturated rings. The van der Waals surface area contributed by atoms with Crippen molar-refractivity contribution in [1.29, 1.82) is 0 Å². The third kappa shape index (κ3) is 4.04. The molecule has 1 aliphatic heterocycles. The van der Waals surface area contributed by atoms with E-state index in [1.54, 1.807) is 19.1 Å². The maximum Gasteiger partial charge on any atom is 0.249 e. The number of piperazine rings is 1. The van der Waals surface area contributed by atoms with E-state index in [0.717, 1.165) is 4.47 Å². The number of rotatable bonds is 4. The fourth-order valence-corrected chi connectivity index (χ4v) is 2.35. The maximum atomic E-state index is 12.1. The van der Waals surface area contributed by atoms with Crippen molar-refractivity contribution in [2.24, 2.45) is 0 Å². The van der Waals surface area contributed by atoms with Gasteiger partial charge in [-0.1, -0.05) is 22.0 Å². The smallest absolute Gasteiger partial charge is 0.249 e. The lowest BCUT2D eigenvalue weighted by Crippen LogP contribution is -2.58. The van der Waals surface area contributed by atoms with Gasteiger partial charge in [-0.05, 0) is 25.1 Å². The molecule has 21 heavy (non-hydrogen) atoms. The predicted molar refractivity (Wildman–Crippen MR) is 78.6 cm³/mol. The second-order valence-corrected chi connectivity index (χ2v) is 5.58. The minimum atomic E-state index is -0.638. The summed E-state index contributed by atoms with van der Waals surface area (Å²) in [6, 6.07) is 6.65. The zero-order valence-electron chi connectivity index (χ0n) is 11.5. The van der Waals surface area contributed by atoms with Crippen LogP contribution in [0.5, 0.6) is 5.75 Å². The molecule has 1 N–H and O–H groups in total. The number of imide groups is 1. The Morgan fingerprint density at radius 3 is 2.95 bits per heavy atom. The molecule has 1 aliphatic rings. The van der Waals surface area contributed by atoms with E-state index in [9.17, 15) is 14.4 Å². The summed E-state index contributed by atoms with van der Waals surface area (Å²) >= 11 is 3.33. The number of carbonyl (C=O) groups is 3. The first kappa shape index (κ1) is 15.5. The van der Waals surface area contributed by atoms with Crippen LogP contribution in [-0.4, -0.2) is 41.8 Å². The van der Waals surface area contributed by atoms with Crippen molar-refractivity contribution >= 4 is 33.7 Å². The van der Waals surface area contributed by atoms with Crippen LogP contribution in [0.1, 0.15) is 13.3 Å². The van der Waals surface area contributed by atoms with E-state index < -0.39 is 17.9 Å². The summed E-state index contributed by atoms with van der Waals surface area (Å²) in [4.78, 5) is 36.1. The Balaban J connectivity index is 1.86. The topological polar surface area (TPSA) is 75.7 Å². The summed E-state index contributed by atoms with van der Waals surface area (Å²) < 4.78 is 6.36. The Bertz CT molecular complexity index is 576. The van der Waals surface area contributed by atoms with Gasteiger partial charge >= 0.3 is 0 Å². The molecular weight excluding hydrogens is 340 g/mol. The van der Waals surface area contributed by atoms with Crippen LogP contribution in [-0.2, 0) is 14.4 Å². The fraction of sp³-hybridized carbons (Fsp3) is 0.357. The van der Waals surface area contributed by atoms with Crippen molar-refractivity contribution < 1.29 is 19.1 Å². The molecule has 0 aliphatic carbocycles. The summed E-state index contributed by atoms with van der Waals surface area (Å²) in [6.07, 6.45) is 0.109. The van der Waals surface area contributed by atoms with Crippen LogP contribution in [0.3, 0.4) is 0 Å². The van der Waals surface area contributed by atoms with E-state index in [4.69, 9.17) is 4.74 Å². The molecule has 1 aromatic rings. The van der Waals surface area contributed by atoms with Gasteiger partial charge in [0.25, 0.3) is 0 Å². The standard InChI is InChI=1S/C14H15BrN2O4/c1-9-14(20)16-12(18)8-17(9)13(19)5-6-21-11-4-2-3-10(15)7-11/h2-4,7,9H,5-6,8H2,1H3,(H,16,18,20). The fourth-order valence-electron chi connectivity index (χ4n) is 1.98. The number of carbonyl (C=O) groups excluding carboxylic acids is 3. The lowest BCUT2D eigenvalue weighted by molar-refractivity contribution is -0.149. The van der Waals surface area contributed by atoms with Gasteiger partial charge in [-0.15, -0.1) is 0 Å². The van der Waals surface area contributed by atoms with Crippen LogP contribution in [0.4, 0.5) is 0 Å². The molecule has 1 saturated heterocycles. The van der Waals surface area contributed by atoms with Gasteiger partial charge in [-0.2, -0.15) is 0 Å². The molecular formula is C14H15BrN2O4. The first-order chi connectivity index (χ1) is 9.97. The molecule has 1 aromatic carbocycles. The van der Waals surface area contributed by atoms with E-state index in [2.05, 4.69) is 21.2 Å². The summed E-state index contributed by atoms with van der Waals surface area (Å²) in [5.41, 5.74) is 0. The van der Waals surface area contributed by atoms with Gasteiger partial charge < -0.3 is 9.64 Å². The largest absolute Gasteiger partial charge is 0.493 e. The highest BCUT2D eigenvalue weighted by atomic mass is 79.9. The van der Waals surface area contributed by atoms with Gasteiger partial charge in [0.1, 0.15) is 18.3 Å². The molecule has 0 radical (unpaired) electrons. The van der Waals surface area contributed by atoms with Gasteiger partial charge in [-0.3, -0.25) is 19.7 Å². The molecule has 1 atom stereocenters. The van der Waals surface area contributed by atoms with Crippen LogP contribution in [0, 0.1) is 0 Å². The van der Waals surface area contributed by atoms with Crippen molar-refractivity contribution in [3.63, 3.8) is 0 Å². The van der Waals surface area contributed by atoms with Gasteiger partial charge in [-0.25, -0.2) is 0 Å². The lowest BCUT2D eigenvalue weighted by atomic mass is 10.2. The SMILES string of the molecule is CC1C(=O)NC(=O)CN1C(=O)CCOc1cccc(Br)c1. The molecule has 1 heterocycles. The quantitative estimate of drug-likeness (QED) is 0.821. The third-order valence-electron chi connectivity index (χ3n) is 3.12. The van der Waals surface area contributed by atoms with Gasteiger partial charge in [0.05, 0.1) is 13.0 Å². The summed E-state index contributed by atoms with van der Waals surface area (Å²) in [7, 11) is 0. The molecule has 0 bridgehead atoms. The number of amides is 3. The molecule has 2 rings (SSSR count). The van der Waals surface area contributed by atoms with Gasteiger partial charge in [0.15, 0.2) is 0 Å². The van der Waals surface area contributed by atoms with Crippen LogP contribution >= 0.6 is 15.9 Å². The molecule has 3 amide bonds. The number of nitrogens with zero attached hydrogens (tertiary/aromatic N) is 1. The van der Waals surface area contributed by atoms with Gasteiger partial charge in [0.2, 0.25) is 17.7 Å². The van der Waals surface area contributed by atoms with E-state index >= 15 is 0 Å². The monoisotopic (exact) mass is 354 g/mol. The Morgan fingerprint density at radius 1 is 1.48 bits per heavy atom.